The minimum Gasteiger partial charge on any atom is -0.456 e. The summed E-state index contributed by atoms with van der Waals surface area (Å²) in [6.07, 6.45) is 4.76. The van der Waals surface area contributed by atoms with Crippen LogP contribution in [0.5, 0.6) is 11.5 Å². The summed E-state index contributed by atoms with van der Waals surface area (Å²) < 4.78 is 7.23. The van der Waals surface area contributed by atoms with Gasteiger partial charge in [0.1, 0.15) is 17.2 Å². The van der Waals surface area contributed by atoms with Crippen LogP contribution in [-0.4, -0.2) is 20.7 Å². The Balaban J connectivity index is 1.66. The molecule has 2 heterocycles. The summed E-state index contributed by atoms with van der Waals surface area (Å²) in [7, 11) is 1.77. The SMILES string of the molecule is Cn1cc(NC(=O)c2ccc(Oc3ccc(Cl)cc3)cn2)cn1. The maximum absolute atomic E-state index is 12.1. The van der Waals surface area contributed by atoms with Gasteiger partial charge in [0.25, 0.3) is 5.91 Å². The lowest BCUT2D eigenvalue weighted by Crippen LogP contribution is -2.13. The van der Waals surface area contributed by atoms with E-state index < -0.39 is 0 Å². The second-order valence-corrected chi connectivity index (χ2v) is 5.23. The van der Waals surface area contributed by atoms with Crippen molar-refractivity contribution in [2.45, 2.75) is 0 Å². The highest BCUT2D eigenvalue weighted by Gasteiger charge is 2.09. The Morgan fingerprint density at radius 1 is 1.13 bits per heavy atom. The molecule has 0 saturated heterocycles. The number of benzene rings is 1. The number of ether oxygens (including phenoxy) is 1. The van der Waals surface area contributed by atoms with Crippen LogP contribution in [0.15, 0.2) is 55.0 Å². The molecule has 116 valence electrons. The summed E-state index contributed by atoms with van der Waals surface area (Å²) in [6, 6.07) is 10.3. The molecule has 2 aromatic heterocycles. The van der Waals surface area contributed by atoms with Crippen LogP contribution >= 0.6 is 11.6 Å². The van der Waals surface area contributed by atoms with E-state index in [2.05, 4.69) is 15.4 Å². The second kappa shape index (κ2) is 6.50. The largest absolute Gasteiger partial charge is 0.456 e. The highest BCUT2D eigenvalue weighted by atomic mass is 35.5. The van der Waals surface area contributed by atoms with Gasteiger partial charge < -0.3 is 10.1 Å². The van der Waals surface area contributed by atoms with Crippen molar-refractivity contribution in [1.82, 2.24) is 14.8 Å². The van der Waals surface area contributed by atoms with Crippen LogP contribution in [0.25, 0.3) is 0 Å². The molecule has 0 aliphatic rings. The van der Waals surface area contributed by atoms with Crippen molar-refractivity contribution < 1.29 is 9.53 Å². The number of nitrogens with one attached hydrogen (secondary N) is 1. The van der Waals surface area contributed by atoms with Gasteiger partial charge in [0.2, 0.25) is 0 Å². The predicted octanol–water partition coefficient (Wildman–Crippen LogP) is 3.51. The molecule has 0 saturated carbocycles. The quantitative estimate of drug-likeness (QED) is 0.795. The topological polar surface area (TPSA) is 69.0 Å². The Kier molecular flexibility index (Phi) is 4.25. The van der Waals surface area contributed by atoms with Gasteiger partial charge in [-0.25, -0.2) is 4.98 Å². The molecule has 6 nitrogen and oxygen atoms in total. The zero-order valence-corrected chi connectivity index (χ0v) is 13.0. The third-order valence-electron chi connectivity index (χ3n) is 2.98. The third kappa shape index (κ3) is 3.87. The molecule has 7 heteroatoms. The van der Waals surface area contributed by atoms with Gasteiger partial charge in [0, 0.05) is 18.3 Å². The zero-order chi connectivity index (χ0) is 16.2. The maximum Gasteiger partial charge on any atom is 0.274 e. The van der Waals surface area contributed by atoms with E-state index >= 15 is 0 Å². The minimum absolute atomic E-state index is 0.289. The minimum atomic E-state index is -0.309. The van der Waals surface area contributed by atoms with Crippen LogP contribution in [0.1, 0.15) is 10.5 Å². The normalized spacial score (nSPS) is 10.3. The molecule has 23 heavy (non-hydrogen) atoms. The molecule has 0 bridgehead atoms. The van der Waals surface area contributed by atoms with Crippen molar-refractivity contribution in [2.75, 3.05) is 5.32 Å². The first-order valence-corrected chi connectivity index (χ1v) is 7.17. The lowest BCUT2D eigenvalue weighted by molar-refractivity contribution is 0.102. The average molecular weight is 329 g/mol. The summed E-state index contributed by atoms with van der Waals surface area (Å²) in [5.41, 5.74) is 0.901. The van der Waals surface area contributed by atoms with Gasteiger partial charge in [-0.3, -0.25) is 9.48 Å². The van der Waals surface area contributed by atoms with E-state index in [1.807, 2.05) is 0 Å². The van der Waals surface area contributed by atoms with Gasteiger partial charge in [-0.15, -0.1) is 0 Å². The van der Waals surface area contributed by atoms with E-state index in [9.17, 15) is 4.79 Å². The first-order valence-electron chi connectivity index (χ1n) is 6.79. The first kappa shape index (κ1) is 15.1. The lowest BCUT2D eigenvalue weighted by atomic mass is 10.3. The van der Waals surface area contributed by atoms with E-state index in [0.717, 1.165) is 0 Å². The van der Waals surface area contributed by atoms with Crippen LogP contribution in [0.4, 0.5) is 5.69 Å². The summed E-state index contributed by atoms with van der Waals surface area (Å²) in [6.45, 7) is 0. The Labute approximate surface area is 137 Å². The summed E-state index contributed by atoms with van der Waals surface area (Å²) >= 11 is 5.82. The molecule has 3 aromatic rings. The van der Waals surface area contributed by atoms with Crippen molar-refractivity contribution >= 4 is 23.2 Å². The van der Waals surface area contributed by atoms with E-state index in [1.54, 1.807) is 60.5 Å². The molecule has 0 unspecified atom stereocenters. The van der Waals surface area contributed by atoms with Gasteiger partial charge in [-0.2, -0.15) is 5.10 Å². The van der Waals surface area contributed by atoms with E-state index in [1.165, 1.54) is 6.20 Å². The van der Waals surface area contributed by atoms with Crippen molar-refractivity contribution in [3.05, 3.63) is 65.7 Å². The van der Waals surface area contributed by atoms with Gasteiger partial charge in [-0.05, 0) is 36.4 Å². The fourth-order valence-corrected chi connectivity index (χ4v) is 2.02. The van der Waals surface area contributed by atoms with Crippen LogP contribution in [-0.2, 0) is 7.05 Å². The molecule has 0 spiro atoms. The molecule has 0 fully saturated rings. The number of hydrogen-bond acceptors (Lipinski definition) is 4. The summed E-state index contributed by atoms with van der Waals surface area (Å²) in [5, 5.41) is 7.33. The zero-order valence-electron chi connectivity index (χ0n) is 12.2. The Morgan fingerprint density at radius 3 is 2.48 bits per heavy atom. The molecule has 0 aliphatic carbocycles. The molecular formula is C16H13ClN4O2. The number of pyridine rings is 1. The number of anilines is 1. The van der Waals surface area contributed by atoms with Crippen molar-refractivity contribution in [2.24, 2.45) is 7.05 Å². The number of rotatable bonds is 4. The molecule has 0 atom stereocenters. The number of aromatic nitrogens is 3. The molecule has 0 radical (unpaired) electrons. The van der Waals surface area contributed by atoms with Crippen LogP contribution in [0, 0.1) is 0 Å². The number of nitrogens with zero attached hydrogens (tertiary/aromatic N) is 3. The average Bonchev–Trinajstić information content (AvgIpc) is 2.95. The van der Waals surface area contributed by atoms with Crippen molar-refractivity contribution in [3.8, 4) is 11.5 Å². The van der Waals surface area contributed by atoms with Crippen molar-refractivity contribution in [3.63, 3.8) is 0 Å². The Morgan fingerprint density at radius 2 is 1.87 bits per heavy atom. The van der Waals surface area contributed by atoms with Crippen LogP contribution < -0.4 is 10.1 Å². The fourth-order valence-electron chi connectivity index (χ4n) is 1.89. The highest BCUT2D eigenvalue weighted by molar-refractivity contribution is 6.30. The number of halogens is 1. The number of hydrogen-bond donors (Lipinski definition) is 1. The molecule has 1 amide bonds. The van der Waals surface area contributed by atoms with Gasteiger partial charge in [-0.1, -0.05) is 11.6 Å². The van der Waals surface area contributed by atoms with E-state index in [-0.39, 0.29) is 11.6 Å². The molecule has 0 aliphatic heterocycles. The van der Waals surface area contributed by atoms with Gasteiger partial charge in [0.15, 0.2) is 0 Å². The molecule has 3 rings (SSSR count). The maximum atomic E-state index is 12.1. The Bertz CT molecular complexity index is 813. The monoisotopic (exact) mass is 328 g/mol. The summed E-state index contributed by atoms with van der Waals surface area (Å²) in [4.78, 5) is 16.2. The molecule has 1 aromatic carbocycles. The molecular weight excluding hydrogens is 316 g/mol. The highest BCUT2D eigenvalue weighted by Crippen LogP contribution is 2.22. The number of carbonyl (C=O) groups excluding carboxylic acids is 1. The fraction of sp³-hybridized carbons (Fsp3) is 0.0625. The number of amides is 1. The van der Waals surface area contributed by atoms with Crippen molar-refractivity contribution in [1.29, 1.82) is 0 Å². The summed E-state index contributed by atoms with van der Waals surface area (Å²) in [5.74, 6) is 0.866. The second-order valence-electron chi connectivity index (χ2n) is 4.79. The third-order valence-corrected chi connectivity index (χ3v) is 3.23. The number of aryl methyl sites for hydroxylation is 1. The standard InChI is InChI=1S/C16H13ClN4O2/c1-21-10-12(8-19-21)20-16(22)15-7-6-14(9-18-15)23-13-4-2-11(17)3-5-13/h2-10H,1H3,(H,20,22). The van der Waals surface area contributed by atoms with Gasteiger partial charge in [0.05, 0.1) is 18.1 Å². The van der Waals surface area contributed by atoms with Crippen LogP contribution in [0.2, 0.25) is 5.02 Å². The number of carbonyl (C=O) groups is 1. The Hall–Kier alpha value is -2.86. The lowest BCUT2D eigenvalue weighted by Gasteiger charge is -2.06. The smallest absolute Gasteiger partial charge is 0.274 e. The van der Waals surface area contributed by atoms with E-state index in [0.29, 0.717) is 22.2 Å². The van der Waals surface area contributed by atoms with Crippen LogP contribution in [0.3, 0.4) is 0 Å². The predicted molar refractivity (Wildman–Crippen MR) is 86.9 cm³/mol. The van der Waals surface area contributed by atoms with E-state index in [4.69, 9.17) is 16.3 Å². The molecule has 1 N–H and O–H groups in total. The first-order chi connectivity index (χ1) is 11.1. The van der Waals surface area contributed by atoms with Gasteiger partial charge >= 0.3 is 0 Å².